The van der Waals surface area contributed by atoms with Gasteiger partial charge in [0, 0.05) is 47.8 Å². The van der Waals surface area contributed by atoms with Crippen molar-refractivity contribution >= 4 is 46.0 Å². The highest BCUT2D eigenvalue weighted by atomic mass is 32.2. The molecule has 0 bridgehead atoms. The molecule has 0 spiro atoms. The number of thiazole rings is 1. The van der Waals surface area contributed by atoms with Crippen molar-refractivity contribution in [1.82, 2.24) is 30.2 Å². The standard InChI is InChI=1S/C25H31N7O2S2/c1-25(2,30-14-22(33)17-5-4-6-19(9-17)31-35-3)7-8-32-15-29-21-10-18(11-27-23(21)32)24(34)28-13-20-12-26-16-36-20/h4-6,9-12,15-16,22,30-31,33H,7-8,13-14H2,1-3H3,(H,28,34)/t22-/m0/s1. The fraction of sp³-hybridized carbons (Fsp3) is 0.360. The fourth-order valence-electron chi connectivity index (χ4n) is 3.74. The van der Waals surface area contributed by atoms with Crippen molar-refractivity contribution in [2.45, 2.75) is 45.0 Å². The Labute approximate surface area is 218 Å². The number of benzene rings is 1. The molecule has 0 radical (unpaired) electrons. The molecule has 3 heterocycles. The van der Waals surface area contributed by atoms with Crippen molar-refractivity contribution in [1.29, 1.82) is 0 Å². The van der Waals surface area contributed by atoms with Gasteiger partial charge in [0.2, 0.25) is 0 Å². The Morgan fingerprint density at radius 3 is 2.89 bits per heavy atom. The zero-order valence-electron chi connectivity index (χ0n) is 20.6. The summed E-state index contributed by atoms with van der Waals surface area (Å²) in [4.78, 5) is 26.5. The number of fused-ring (bicyclic) bond motifs is 1. The number of β-amino-alcohol motifs (C(OH)–C–C–N with tert-alkyl or cyclic N) is 1. The van der Waals surface area contributed by atoms with Gasteiger partial charge in [0.25, 0.3) is 5.91 Å². The minimum absolute atomic E-state index is 0.189. The second kappa shape index (κ2) is 11.8. The molecule has 1 atom stereocenters. The molecule has 4 rings (SSSR count). The molecule has 4 aromatic rings. The third-order valence-electron chi connectivity index (χ3n) is 5.87. The van der Waals surface area contributed by atoms with Gasteiger partial charge >= 0.3 is 0 Å². The van der Waals surface area contributed by atoms with Gasteiger partial charge in [-0.15, -0.1) is 11.3 Å². The lowest BCUT2D eigenvalue weighted by Gasteiger charge is -2.28. The van der Waals surface area contributed by atoms with Gasteiger partial charge in [-0.1, -0.05) is 24.1 Å². The summed E-state index contributed by atoms with van der Waals surface area (Å²) in [5.74, 6) is -0.189. The Balaban J connectivity index is 1.31. The number of anilines is 1. The number of rotatable bonds is 12. The van der Waals surface area contributed by atoms with Gasteiger partial charge in [-0.25, -0.2) is 9.97 Å². The van der Waals surface area contributed by atoms with E-state index in [9.17, 15) is 9.90 Å². The first kappa shape index (κ1) is 26.1. The van der Waals surface area contributed by atoms with Gasteiger partial charge in [-0.05, 0) is 44.0 Å². The number of hydrogen-bond acceptors (Lipinski definition) is 9. The van der Waals surface area contributed by atoms with E-state index in [-0.39, 0.29) is 11.4 Å². The second-order valence-corrected chi connectivity index (χ2v) is 10.7. The largest absolute Gasteiger partial charge is 0.387 e. The van der Waals surface area contributed by atoms with Crippen molar-refractivity contribution < 1.29 is 9.90 Å². The lowest BCUT2D eigenvalue weighted by atomic mass is 9.99. The maximum Gasteiger partial charge on any atom is 0.253 e. The minimum atomic E-state index is -0.607. The van der Waals surface area contributed by atoms with Gasteiger partial charge in [-0.3, -0.25) is 9.78 Å². The summed E-state index contributed by atoms with van der Waals surface area (Å²) < 4.78 is 5.19. The van der Waals surface area contributed by atoms with E-state index in [1.165, 1.54) is 23.3 Å². The smallest absolute Gasteiger partial charge is 0.253 e. The fourth-order valence-corrected chi connectivity index (χ4v) is 4.64. The van der Waals surface area contributed by atoms with E-state index in [4.69, 9.17) is 0 Å². The average Bonchev–Trinajstić information content (AvgIpc) is 3.54. The molecule has 1 amide bonds. The van der Waals surface area contributed by atoms with E-state index in [0.717, 1.165) is 28.2 Å². The molecule has 0 saturated heterocycles. The summed E-state index contributed by atoms with van der Waals surface area (Å²) in [5, 5.41) is 17.0. The predicted molar refractivity (Wildman–Crippen MR) is 146 cm³/mol. The van der Waals surface area contributed by atoms with Gasteiger partial charge in [0.1, 0.15) is 5.52 Å². The predicted octanol–water partition coefficient (Wildman–Crippen LogP) is 4.00. The molecule has 9 nitrogen and oxygen atoms in total. The lowest BCUT2D eigenvalue weighted by Crippen LogP contribution is -2.42. The number of pyridine rings is 1. The number of nitrogens with zero attached hydrogens (tertiary/aromatic N) is 4. The Morgan fingerprint density at radius 2 is 2.11 bits per heavy atom. The number of imidazole rings is 1. The highest BCUT2D eigenvalue weighted by molar-refractivity contribution is 7.99. The minimum Gasteiger partial charge on any atom is -0.387 e. The molecule has 0 saturated carbocycles. The van der Waals surface area contributed by atoms with Crippen LogP contribution in [-0.4, -0.2) is 48.9 Å². The SMILES string of the molecule is CSNc1cccc([C@@H](O)CNC(C)(C)CCn2cnc3cc(C(=O)NCc4cncs4)cnc32)c1. The number of carbonyl (C=O) groups is 1. The summed E-state index contributed by atoms with van der Waals surface area (Å²) >= 11 is 3.02. The molecule has 3 aromatic heterocycles. The lowest BCUT2D eigenvalue weighted by molar-refractivity contribution is 0.0951. The number of nitrogens with one attached hydrogen (secondary N) is 3. The van der Waals surface area contributed by atoms with Crippen LogP contribution in [0.15, 0.2) is 54.6 Å². The third kappa shape index (κ3) is 6.82. The Bertz CT molecular complexity index is 1290. The molecule has 1 aromatic carbocycles. The number of amides is 1. The van der Waals surface area contributed by atoms with Crippen LogP contribution in [0.25, 0.3) is 11.2 Å². The molecule has 11 heteroatoms. The third-order valence-corrected chi connectivity index (χ3v) is 7.09. The van der Waals surface area contributed by atoms with Crippen molar-refractivity contribution in [3.8, 4) is 0 Å². The van der Waals surface area contributed by atoms with Crippen molar-refractivity contribution in [2.24, 2.45) is 0 Å². The zero-order chi connectivity index (χ0) is 25.5. The molecule has 0 unspecified atom stereocenters. The first-order valence-corrected chi connectivity index (χ1v) is 13.7. The highest BCUT2D eigenvalue weighted by Crippen LogP contribution is 2.21. The summed E-state index contributed by atoms with van der Waals surface area (Å²) in [6.45, 7) is 5.81. The highest BCUT2D eigenvalue weighted by Gasteiger charge is 2.20. The van der Waals surface area contributed by atoms with Crippen molar-refractivity contribution in [3.63, 3.8) is 0 Å². The normalized spacial score (nSPS) is 12.6. The number of aromatic nitrogens is 4. The molecule has 36 heavy (non-hydrogen) atoms. The molecule has 4 N–H and O–H groups in total. The molecule has 0 fully saturated rings. The van der Waals surface area contributed by atoms with Crippen LogP contribution in [0.1, 0.15) is 47.2 Å². The first-order valence-electron chi connectivity index (χ1n) is 11.6. The van der Waals surface area contributed by atoms with Gasteiger partial charge < -0.3 is 25.0 Å². The number of carbonyl (C=O) groups excluding carboxylic acids is 1. The average molecular weight is 526 g/mol. The molecular weight excluding hydrogens is 494 g/mol. The molecule has 0 aliphatic carbocycles. The van der Waals surface area contributed by atoms with E-state index in [0.29, 0.717) is 30.7 Å². The monoisotopic (exact) mass is 525 g/mol. The van der Waals surface area contributed by atoms with Crippen LogP contribution in [0.5, 0.6) is 0 Å². The summed E-state index contributed by atoms with van der Waals surface area (Å²) in [7, 11) is 0. The number of aliphatic hydroxyl groups is 1. The topological polar surface area (TPSA) is 117 Å². The van der Waals surface area contributed by atoms with Gasteiger partial charge in [-0.2, -0.15) is 0 Å². The maximum absolute atomic E-state index is 12.5. The molecule has 190 valence electrons. The zero-order valence-corrected chi connectivity index (χ0v) is 22.2. The van der Waals surface area contributed by atoms with Crippen LogP contribution in [0, 0.1) is 0 Å². The van der Waals surface area contributed by atoms with Crippen LogP contribution in [0.4, 0.5) is 5.69 Å². The second-order valence-electron chi connectivity index (χ2n) is 9.12. The van der Waals surface area contributed by atoms with Crippen LogP contribution >= 0.6 is 23.3 Å². The van der Waals surface area contributed by atoms with Crippen LogP contribution < -0.4 is 15.4 Å². The van der Waals surface area contributed by atoms with E-state index in [1.54, 1.807) is 30.3 Å². The number of hydrogen-bond donors (Lipinski definition) is 4. The molecular formula is C25H31N7O2S2. The molecule has 0 aliphatic rings. The van der Waals surface area contributed by atoms with Crippen molar-refractivity contribution in [2.75, 3.05) is 17.5 Å². The van der Waals surface area contributed by atoms with Crippen LogP contribution in [0.2, 0.25) is 0 Å². The molecule has 0 aliphatic heterocycles. The van der Waals surface area contributed by atoms with E-state index in [1.807, 2.05) is 35.1 Å². The van der Waals surface area contributed by atoms with Gasteiger partial charge in [0.15, 0.2) is 5.65 Å². The quantitative estimate of drug-likeness (QED) is 0.205. The van der Waals surface area contributed by atoms with E-state index in [2.05, 4.69) is 44.2 Å². The van der Waals surface area contributed by atoms with Crippen molar-refractivity contribution in [3.05, 3.63) is 70.6 Å². The Morgan fingerprint density at radius 1 is 1.25 bits per heavy atom. The Hall–Kier alpha value is -2.99. The summed E-state index contributed by atoms with van der Waals surface area (Å²) in [5.41, 5.74) is 5.26. The van der Waals surface area contributed by atoms with Crippen LogP contribution in [0.3, 0.4) is 0 Å². The van der Waals surface area contributed by atoms with Crippen LogP contribution in [-0.2, 0) is 13.1 Å². The first-order chi connectivity index (χ1) is 17.3. The summed E-state index contributed by atoms with van der Waals surface area (Å²) in [6.07, 6.45) is 7.25. The number of aliphatic hydroxyl groups excluding tert-OH is 1. The van der Waals surface area contributed by atoms with Gasteiger partial charge in [0.05, 0.1) is 30.1 Å². The number of aryl methyl sites for hydroxylation is 1. The summed E-state index contributed by atoms with van der Waals surface area (Å²) in [6, 6.07) is 9.58. The Kier molecular flexibility index (Phi) is 8.57. The maximum atomic E-state index is 12.5. The van der Waals surface area contributed by atoms with E-state index < -0.39 is 6.10 Å². The van der Waals surface area contributed by atoms with E-state index >= 15 is 0 Å².